The highest BCUT2D eigenvalue weighted by molar-refractivity contribution is 7.99. The molecule has 1 aromatic carbocycles. The lowest BCUT2D eigenvalue weighted by molar-refractivity contribution is -0.129. The van der Waals surface area contributed by atoms with Crippen molar-refractivity contribution in [3.05, 3.63) is 42.7 Å². The lowest BCUT2D eigenvalue weighted by atomic mass is 10.2. The summed E-state index contributed by atoms with van der Waals surface area (Å²) in [6, 6.07) is 12.3. The third kappa shape index (κ3) is 4.67. The fourth-order valence-electron chi connectivity index (χ4n) is 3.54. The van der Waals surface area contributed by atoms with E-state index >= 15 is 0 Å². The largest absolute Gasteiger partial charge is 0.368 e. The minimum absolute atomic E-state index is 0.113. The summed E-state index contributed by atoms with van der Waals surface area (Å²) in [5, 5.41) is 3.18. The van der Waals surface area contributed by atoms with E-state index in [1.807, 2.05) is 28.8 Å². The number of hydrogen-bond acceptors (Lipinski definition) is 7. The summed E-state index contributed by atoms with van der Waals surface area (Å²) in [4.78, 5) is 27.8. The average Bonchev–Trinajstić information content (AvgIpc) is 2.79. The molecule has 1 N–H and O–H groups in total. The zero-order valence-electron chi connectivity index (χ0n) is 16.0. The van der Waals surface area contributed by atoms with Gasteiger partial charge in [0.05, 0.1) is 6.54 Å². The summed E-state index contributed by atoms with van der Waals surface area (Å²) in [5.41, 5.74) is 1.22. The molecule has 0 spiro atoms. The zero-order valence-corrected chi connectivity index (χ0v) is 16.8. The minimum Gasteiger partial charge on any atom is -0.368 e. The predicted octanol–water partition coefficient (Wildman–Crippen LogP) is 1.79. The van der Waals surface area contributed by atoms with Crippen molar-refractivity contribution < 1.29 is 4.79 Å². The normalized spacial score (nSPS) is 17.5. The monoisotopic (exact) mass is 398 g/mol. The Labute approximate surface area is 170 Å². The van der Waals surface area contributed by atoms with Crippen molar-refractivity contribution in [2.75, 3.05) is 72.4 Å². The first-order valence-electron chi connectivity index (χ1n) is 9.76. The number of carbonyl (C=O) groups is 1. The molecule has 0 saturated carbocycles. The molecule has 0 aliphatic carbocycles. The highest BCUT2D eigenvalue weighted by atomic mass is 32.2. The van der Waals surface area contributed by atoms with E-state index in [0.717, 1.165) is 56.6 Å². The predicted molar refractivity (Wildman–Crippen MR) is 115 cm³/mol. The SMILES string of the molecule is O=C(CNc1cc(N2CCSCC2)ncn1)N1CCN(c2ccccc2)CC1. The molecule has 1 amide bonds. The minimum atomic E-state index is 0.113. The summed E-state index contributed by atoms with van der Waals surface area (Å²) in [5.74, 6) is 4.00. The molecule has 148 valence electrons. The maximum absolute atomic E-state index is 12.6. The molecule has 2 aliphatic heterocycles. The van der Waals surface area contributed by atoms with Gasteiger partial charge in [0.15, 0.2) is 0 Å². The second-order valence-electron chi connectivity index (χ2n) is 6.92. The van der Waals surface area contributed by atoms with Crippen LogP contribution in [0.3, 0.4) is 0 Å². The molecule has 7 nitrogen and oxygen atoms in total. The van der Waals surface area contributed by atoms with E-state index in [4.69, 9.17) is 0 Å². The first-order chi connectivity index (χ1) is 13.8. The summed E-state index contributed by atoms with van der Waals surface area (Å²) >= 11 is 1.97. The molecular weight excluding hydrogens is 372 g/mol. The van der Waals surface area contributed by atoms with Crippen molar-refractivity contribution in [1.29, 1.82) is 0 Å². The molecule has 1 aromatic heterocycles. The van der Waals surface area contributed by atoms with Gasteiger partial charge in [-0.3, -0.25) is 4.79 Å². The molecule has 2 aromatic rings. The smallest absolute Gasteiger partial charge is 0.242 e. The van der Waals surface area contributed by atoms with Crippen LogP contribution in [-0.2, 0) is 4.79 Å². The lowest BCUT2D eigenvalue weighted by Crippen LogP contribution is -2.50. The number of thioether (sulfide) groups is 1. The van der Waals surface area contributed by atoms with E-state index in [1.54, 1.807) is 6.33 Å². The maximum Gasteiger partial charge on any atom is 0.242 e. The molecule has 0 atom stereocenters. The molecule has 3 heterocycles. The number of rotatable bonds is 5. The van der Waals surface area contributed by atoms with Crippen LogP contribution < -0.4 is 15.1 Å². The Hall–Kier alpha value is -2.48. The van der Waals surface area contributed by atoms with Crippen LogP contribution in [0.4, 0.5) is 17.3 Å². The fraction of sp³-hybridized carbons (Fsp3) is 0.450. The number of aromatic nitrogens is 2. The van der Waals surface area contributed by atoms with Crippen LogP contribution in [0.25, 0.3) is 0 Å². The molecule has 4 rings (SSSR count). The van der Waals surface area contributed by atoms with Crippen LogP contribution in [0.5, 0.6) is 0 Å². The maximum atomic E-state index is 12.6. The van der Waals surface area contributed by atoms with E-state index in [9.17, 15) is 4.79 Å². The number of nitrogens with zero attached hydrogens (tertiary/aromatic N) is 5. The Morgan fingerprint density at radius 2 is 1.71 bits per heavy atom. The number of benzene rings is 1. The van der Waals surface area contributed by atoms with Gasteiger partial charge < -0.3 is 20.0 Å². The zero-order chi connectivity index (χ0) is 19.2. The number of amides is 1. The van der Waals surface area contributed by atoms with Crippen LogP contribution in [0.1, 0.15) is 0 Å². The average molecular weight is 399 g/mol. The second-order valence-corrected chi connectivity index (χ2v) is 8.14. The molecule has 2 saturated heterocycles. The summed E-state index contributed by atoms with van der Waals surface area (Å²) < 4.78 is 0. The number of nitrogens with one attached hydrogen (secondary N) is 1. The van der Waals surface area contributed by atoms with Crippen LogP contribution >= 0.6 is 11.8 Å². The number of para-hydroxylation sites is 1. The Balaban J connectivity index is 1.27. The van der Waals surface area contributed by atoms with Crippen molar-refractivity contribution in [3.63, 3.8) is 0 Å². The van der Waals surface area contributed by atoms with Crippen molar-refractivity contribution in [3.8, 4) is 0 Å². The summed E-state index contributed by atoms with van der Waals surface area (Å²) in [7, 11) is 0. The summed E-state index contributed by atoms with van der Waals surface area (Å²) in [6.07, 6.45) is 1.57. The molecular formula is C20H26N6OS. The molecule has 28 heavy (non-hydrogen) atoms. The van der Waals surface area contributed by atoms with Gasteiger partial charge in [0.1, 0.15) is 18.0 Å². The van der Waals surface area contributed by atoms with Crippen LogP contribution in [-0.4, -0.2) is 78.1 Å². The third-order valence-electron chi connectivity index (χ3n) is 5.16. The number of hydrogen-bond donors (Lipinski definition) is 1. The van der Waals surface area contributed by atoms with Gasteiger partial charge in [-0.05, 0) is 12.1 Å². The number of piperazine rings is 1. The highest BCUT2D eigenvalue weighted by Crippen LogP contribution is 2.19. The molecule has 0 unspecified atom stereocenters. The van der Waals surface area contributed by atoms with Crippen molar-refractivity contribution in [2.24, 2.45) is 0 Å². The molecule has 0 radical (unpaired) electrons. The number of carbonyl (C=O) groups excluding carboxylic acids is 1. The fourth-order valence-corrected chi connectivity index (χ4v) is 4.44. The van der Waals surface area contributed by atoms with E-state index in [-0.39, 0.29) is 12.5 Å². The quantitative estimate of drug-likeness (QED) is 0.824. The standard InChI is InChI=1S/C20H26N6OS/c27-20(26-8-6-24(7-9-26)17-4-2-1-3-5-17)15-21-18-14-19(23-16-22-18)25-10-12-28-13-11-25/h1-5,14,16H,6-13,15H2,(H,21,22,23). The van der Waals surface area contributed by atoms with Crippen molar-refractivity contribution >= 4 is 35.0 Å². The van der Waals surface area contributed by atoms with Gasteiger partial charge in [0.25, 0.3) is 0 Å². The molecule has 8 heteroatoms. The van der Waals surface area contributed by atoms with E-state index < -0.39 is 0 Å². The van der Waals surface area contributed by atoms with Gasteiger partial charge >= 0.3 is 0 Å². The van der Waals surface area contributed by atoms with E-state index in [0.29, 0.717) is 5.82 Å². The topological polar surface area (TPSA) is 64.6 Å². The first kappa shape index (κ1) is 18.9. The van der Waals surface area contributed by atoms with Gasteiger partial charge in [-0.25, -0.2) is 9.97 Å². The third-order valence-corrected chi connectivity index (χ3v) is 6.10. The second kappa shape index (κ2) is 9.14. The summed E-state index contributed by atoms with van der Waals surface area (Å²) in [6.45, 7) is 5.49. The van der Waals surface area contributed by atoms with Gasteiger partial charge in [-0.2, -0.15) is 11.8 Å². The van der Waals surface area contributed by atoms with Gasteiger partial charge in [0, 0.05) is 62.5 Å². The Morgan fingerprint density at radius 1 is 0.964 bits per heavy atom. The Bertz CT molecular complexity index is 775. The van der Waals surface area contributed by atoms with E-state index in [1.165, 1.54) is 5.69 Å². The molecule has 2 fully saturated rings. The molecule has 2 aliphatic rings. The lowest BCUT2D eigenvalue weighted by Gasteiger charge is -2.36. The Kier molecular flexibility index (Phi) is 6.16. The van der Waals surface area contributed by atoms with Gasteiger partial charge in [0.2, 0.25) is 5.91 Å². The van der Waals surface area contributed by atoms with Crippen LogP contribution in [0, 0.1) is 0 Å². The van der Waals surface area contributed by atoms with Gasteiger partial charge in [-0.15, -0.1) is 0 Å². The van der Waals surface area contributed by atoms with E-state index in [2.05, 4.69) is 49.4 Å². The highest BCUT2D eigenvalue weighted by Gasteiger charge is 2.21. The number of anilines is 3. The van der Waals surface area contributed by atoms with Crippen LogP contribution in [0.15, 0.2) is 42.7 Å². The van der Waals surface area contributed by atoms with Crippen molar-refractivity contribution in [1.82, 2.24) is 14.9 Å². The first-order valence-corrected chi connectivity index (χ1v) is 10.9. The van der Waals surface area contributed by atoms with Crippen molar-refractivity contribution in [2.45, 2.75) is 0 Å². The van der Waals surface area contributed by atoms with Gasteiger partial charge in [-0.1, -0.05) is 18.2 Å². The van der Waals surface area contributed by atoms with Crippen LogP contribution in [0.2, 0.25) is 0 Å². The molecule has 0 bridgehead atoms. The Morgan fingerprint density at radius 3 is 2.46 bits per heavy atom.